The van der Waals surface area contributed by atoms with E-state index in [0.29, 0.717) is 16.0 Å². The topological polar surface area (TPSA) is 26.0 Å². The summed E-state index contributed by atoms with van der Waals surface area (Å²) in [6, 6.07) is 0. The molecule has 0 N–H and O–H groups in total. The highest BCUT2D eigenvalue weighted by atomic mass is 32.2. The summed E-state index contributed by atoms with van der Waals surface area (Å²) in [5, 5.41) is 1.21. The molecule has 0 saturated carbocycles. The predicted molar refractivity (Wildman–Crippen MR) is 42.1 cm³/mol. The summed E-state index contributed by atoms with van der Waals surface area (Å²) in [6.07, 6.45) is 1.89. The van der Waals surface area contributed by atoms with Crippen LogP contribution >= 0.6 is 11.8 Å². The van der Waals surface area contributed by atoms with Crippen LogP contribution in [0.2, 0.25) is 0 Å². The van der Waals surface area contributed by atoms with Gasteiger partial charge in [0.25, 0.3) is 5.22 Å². The van der Waals surface area contributed by atoms with Gasteiger partial charge < -0.3 is 4.42 Å². The molecule has 0 aromatic carbocycles. The lowest BCUT2D eigenvalue weighted by Crippen LogP contribution is -2.18. The van der Waals surface area contributed by atoms with Gasteiger partial charge in [0.1, 0.15) is 0 Å². The lowest BCUT2D eigenvalue weighted by Gasteiger charge is -1.77. The van der Waals surface area contributed by atoms with Crippen molar-refractivity contribution in [3.8, 4) is 0 Å². The Hall–Kier alpha value is -0.920. The maximum Gasteiger partial charge on any atom is 0.257 e. The molecule has 0 spiro atoms. The molecule has 3 heteroatoms. The number of hydrogen-bond acceptors (Lipinski definition) is 3. The standard InChI is InChI=1S/C7H7NOS/c1-4-6-5(2)9-7(8-6)10-3/h1-2H2,3H3. The van der Waals surface area contributed by atoms with Gasteiger partial charge in [-0.05, 0) is 6.26 Å². The van der Waals surface area contributed by atoms with Crippen molar-refractivity contribution in [2.45, 2.75) is 5.22 Å². The minimum absolute atomic E-state index is 0.527. The van der Waals surface area contributed by atoms with E-state index in [1.807, 2.05) is 6.26 Å². The fourth-order valence-electron chi connectivity index (χ4n) is 0.556. The van der Waals surface area contributed by atoms with Gasteiger partial charge in [-0.1, -0.05) is 30.7 Å². The number of hydrogen-bond donors (Lipinski definition) is 0. The van der Waals surface area contributed by atoms with Gasteiger partial charge in [0, 0.05) is 0 Å². The smallest absolute Gasteiger partial charge is 0.257 e. The molecule has 0 saturated heterocycles. The maximum absolute atomic E-state index is 5.09. The Kier molecular flexibility index (Phi) is 2.00. The molecule has 0 fully saturated rings. The molecule has 0 aliphatic rings. The zero-order chi connectivity index (χ0) is 7.56. The minimum atomic E-state index is 0.527. The van der Waals surface area contributed by atoms with Gasteiger partial charge in [-0.25, -0.2) is 0 Å². The molecule has 1 aromatic heterocycles. The highest BCUT2D eigenvalue weighted by molar-refractivity contribution is 7.98. The second kappa shape index (κ2) is 2.78. The van der Waals surface area contributed by atoms with Crippen LogP contribution in [0.4, 0.5) is 0 Å². The van der Waals surface area contributed by atoms with Crippen molar-refractivity contribution in [1.29, 1.82) is 0 Å². The van der Waals surface area contributed by atoms with E-state index in [4.69, 9.17) is 4.42 Å². The molecule has 0 aliphatic heterocycles. The predicted octanol–water partition coefficient (Wildman–Crippen LogP) is 0.372. The van der Waals surface area contributed by atoms with Crippen LogP contribution in [0.1, 0.15) is 0 Å². The Morgan fingerprint density at radius 2 is 2.40 bits per heavy atom. The van der Waals surface area contributed by atoms with Crippen LogP contribution in [0.3, 0.4) is 0 Å². The quantitative estimate of drug-likeness (QED) is 0.545. The highest BCUT2D eigenvalue weighted by Crippen LogP contribution is 2.04. The van der Waals surface area contributed by atoms with Crippen LogP contribution in [0.15, 0.2) is 16.2 Å². The highest BCUT2D eigenvalue weighted by Gasteiger charge is 1.95. The van der Waals surface area contributed by atoms with Gasteiger partial charge in [-0.3, -0.25) is 0 Å². The van der Waals surface area contributed by atoms with Crippen molar-refractivity contribution in [2.75, 3.05) is 6.26 Å². The number of oxazole rings is 1. The Bertz CT molecular complexity index is 348. The van der Waals surface area contributed by atoms with Gasteiger partial charge >= 0.3 is 0 Å². The van der Waals surface area contributed by atoms with Crippen LogP contribution in [-0.2, 0) is 0 Å². The molecule has 1 rings (SSSR count). The molecule has 0 bridgehead atoms. The Morgan fingerprint density at radius 1 is 1.70 bits per heavy atom. The summed E-state index contributed by atoms with van der Waals surface area (Å²) in [4.78, 5) is 4.01. The lowest BCUT2D eigenvalue weighted by molar-refractivity contribution is 0.430. The first-order chi connectivity index (χ1) is 4.77. The van der Waals surface area contributed by atoms with Crippen molar-refractivity contribution < 1.29 is 4.42 Å². The molecule has 10 heavy (non-hydrogen) atoms. The van der Waals surface area contributed by atoms with Crippen LogP contribution in [0.25, 0.3) is 12.3 Å². The first-order valence-electron chi connectivity index (χ1n) is 2.67. The van der Waals surface area contributed by atoms with Crippen LogP contribution in [-0.4, -0.2) is 11.2 Å². The summed E-state index contributed by atoms with van der Waals surface area (Å²) < 4.78 is 5.09. The monoisotopic (exact) mass is 153 g/mol. The first kappa shape index (κ1) is 7.19. The second-order valence-corrected chi connectivity index (χ2v) is 2.39. The fraction of sp³-hybridized carbons (Fsp3) is 0.143. The minimum Gasteiger partial charge on any atom is -0.431 e. The summed E-state index contributed by atoms with van der Waals surface area (Å²) >= 11 is 1.43. The number of thioether (sulfide) groups is 1. The van der Waals surface area contributed by atoms with Crippen LogP contribution < -0.4 is 10.8 Å². The van der Waals surface area contributed by atoms with E-state index < -0.39 is 0 Å². The summed E-state index contributed by atoms with van der Waals surface area (Å²) in [6.45, 7) is 7.06. The van der Waals surface area contributed by atoms with E-state index in [1.165, 1.54) is 11.8 Å². The average Bonchev–Trinajstić information content (AvgIpc) is 2.30. The van der Waals surface area contributed by atoms with E-state index in [9.17, 15) is 0 Å². The van der Waals surface area contributed by atoms with Crippen LogP contribution in [0.5, 0.6) is 0 Å². The summed E-state index contributed by atoms with van der Waals surface area (Å²) in [7, 11) is 0. The summed E-state index contributed by atoms with van der Waals surface area (Å²) in [5.74, 6) is 0. The molecule has 0 atom stereocenters. The third-order valence-corrected chi connectivity index (χ3v) is 1.54. The van der Waals surface area contributed by atoms with Crippen molar-refractivity contribution >= 4 is 24.1 Å². The van der Waals surface area contributed by atoms with E-state index in [1.54, 1.807) is 0 Å². The molecule has 0 aliphatic carbocycles. The van der Waals surface area contributed by atoms with Crippen molar-refractivity contribution in [1.82, 2.24) is 4.98 Å². The molecule has 0 radical (unpaired) electrons. The zero-order valence-corrected chi connectivity index (χ0v) is 6.49. The number of nitrogens with zero attached hydrogens (tertiary/aromatic N) is 1. The second-order valence-electron chi connectivity index (χ2n) is 1.63. The average molecular weight is 153 g/mol. The third-order valence-electron chi connectivity index (χ3n) is 1.02. The van der Waals surface area contributed by atoms with Crippen molar-refractivity contribution in [3.63, 3.8) is 0 Å². The van der Waals surface area contributed by atoms with Crippen LogP contribution in [0, 0.1) is 0 Å². The van der Waals surface area contributed by atoms with Crippen molar-refractivity contribution in [3.05, 3.63) is 17.3 Å². The van der Waals surface area contributed by atoms with Crippen molar-refractivity contribution in [2.24, 2.45) is 0 Å². The van der Waals surface area contributed by atoms with Gasteiger partial charge in [0.2, 0.25) is 0 Å². The molecule has 1 heterocycles. The Labute approximate surface area is 63.0 Å². The largest absolute Gasteiger partial charge is 0.431 e. The summed E-state index contributed by atoms with van der Waals surface area (Å²) in [5.41, 5.74) is 3.15. The van der Waals surface area contributed by atoms with E-state index in [-0.39, 0.29) is 0 Å². The number of rotatable bonds is 1. The first-order valence-corrected chi connectivity index (χ1v) is 3.90. The molecule has 0 unspecified atom stereocenters. The molecule has 52 valence electrons. The van der Waals surface area contributed by atoms with Gasteiger partial charge in [-0.15, -0.1) is 0 Å². The lowest BCUT2D eigenvalue weighted by atomic mass is 10.6. The fourth-order valence-corrected chi connectivity index (χ4v) is 0.922. The zero-order valence-electron chi connectivity index (χ0n) is 5.68. The SMILES string of the molecule is C=C=c1nc(SC)oc1=C. The Balaban J connectivity index is 3.45. The molecule has 2 nitrogen and oxygen atoms in total. The van der Waals surface area contributed by atoms with Gasteiger partial charge in [0.15, 0.2) is 10.8 Å². The third kappa shape index (κ3) is 1.15. The molecule has 1 aromatic rings. The van der Waals surface area contributed by atoms with E-state index >= 15 is 0 Å². The Morgan fingerprint density at radius 3 is 2.70 bits per heavy atom. The van der Waals surface area contributed by atoms with Gasteiger partial charge in [0.05, 0.1) is 0 Å². The van der Waals surface area contributed by atoms with Gasteiger partial charge in [-0.2, -0.15) is 4.98 Å². The maximum atomic E-state index is 5.09. The van der Waals surface area contributed by atoms with E-state index in [2.05, 4.69) is 23.9 Å². The molecular formula is C7H7NOS. The molecule has 0 amide bonds. The normalized spacial score (nSPS) is 9.30. The molecular weight excluding hydrogens is 146 g/mol. The van der Waals surface area contributed by atoms with E-state index in [0.717, 1.165) is 0 Å². The number of aromatic nitrogens is 1.